The molecular formula is C14H9ClN2O2S. The van der Waals surface area contributed by atoms with E-state index in [0.29, 0.717) is 16.5 Å². The minimum absolute atomic E-state index is 0.155. The van der Waals surface area contributed by atoms with Crippen LogP contribution in [0.3, 0.4) is 0 Å². The molecule has 0 radical (unpaired) electrons. The zero-order valence-electron chi connectivity index (χ0n) is 10.1. The van der Waals surface area contributed by atoms with Gasteiger partial charge in [0.25, 0.3) is 0 Å². The molecule has 0 unspecified atom stereocenters. The van der Waals surface area contributed by atoms with Crippen molar-refractivity contribution in [3.05, 3.63) is 52.5 Å². The molecule has 3 rings (SSSR count). The number of carbonyl (C=O) groups is 1. The normalized spacial score (nSPS) is 10.7. The third kappa shape index (κ3) is 2.33. The van der Waals surface area contributed by atoms with E-state index in [1.807, 2.05) is 17.5 Å². The molecule has 0 aliphatic rings. The number of carboxylic acids is 1. The second kappa shape index (κ2) is 5.11. The predicted molar refractivity (Wildman–Crippen MR) is 81.3 cm³/mol. The first-order valence-electron chi connectivity index (χ1n) is 5.77. The standard InChI is InChI=1S/C14H9ClN2O2S/c15-10-7-8(14(18)19)1-2-11(10)17-13-9-4-6-20-12(9)3-5-16-13/h1-7H,(H,16,17)(H,18,19). The number of fused-ring (bicyclic) bond motifs is 1. The summed E-state index contributed by atoms with van der Waals surface area (Å²) in [5, 5.41) is 15.4. The average Bonchev–Trinajstić information content (AvgIpc) is 2.90. The van der Waals surface area contributed by atoms with Gasteiger partial charge in [-0.1, -0.05) is 11.6 Å². The summed E-state index contributed by atoms with van der Waals surface area (Å²) in [6.45, 7) is 0. The lowest BCUT2D eigenvalue weighted by Crippen LogP contribution is -1.98. The molecule has 0 saturated carbocycles. The number of carboxylic acid groups (broad SMARTS) is 1. The molecule has 2 aromatic heterocycles. The lowest BCUT2D eigenvalue weighted by Gasteiger charge is -2.09. The highest BCUT2D eigenvalue weighted by molar-refractivity contribution is 7.17. The van der Waals surface area contributed by atoms with Crippen LogP contribution in [0.15, 0.2) is 41.9 Å². The van der Waals surface area contributed by atoms with Gasteiger partial charge in [0.2, 0.25) is 0 Å². The number of rotatable bonds is 3. The van der Waals surface area contributed by atoms with E-state index in [-0.39, 0.29) is 5.56 Å². The van der Waals surface area contributed by atoms with Crippen molar-refractivity contribution < 1.29 is 9.90 Å². The van der Waals surface area contributed by atoms with Crippen molar-refractivity contribution in [2.24, 2.45) is 0 Å². The van der Waals surface area contributed by atoms with Crippen molar-refractivity contribution in [1.82, 2.24) is 4.98 Å². The highest BCUT2D eigenvalue weighted by atomic mass is 35.5. The third-order valence-electron chi connectivity index (χ3n) is 2.85. The van der Waals surface area contributed by atoms with Crippen molar-refractivity contribution in [2.45, 2.75) is 0 Å². The van der Waals surface area contributed by atoms with Gasteiger partial charge in [0.05, 0.1) is 16.3 Å². The summed E-state index contributed by atoms with van der Waals surface area (Å²) in [7, 11) is 0. The fourth-order valence-corrected chi connectivity index (χ4v) is 2.88. The van der Waals surface area contributed by atoms with Crippen LogP contribution >= 0.6 is 22.9 Å². The van der Waals surface area contributed by atoms with Crippen LogP contribution < -0.4 is 5.32 Å². The van der Waals surface area contributed by atoms with Gasteiger partial charge in [0, 0.05) is 16.3 Å². The number of hydrogen-bond donors (Lipinski definition) is 2. The molecule has 4 nitrogen and oxygen atoms in total. The first-order valence-corrected chi connectivity index (χ1v) is 7.03. The van der Waals surface area contributed by atoms with Crippen molar-refractivity contribution >= 4 is 50.5 Å². The number of nitrogens with zero attached hydrogens (tertiary/aromatic N) is 1. The van der Waals surface area contributed by atoms with Crippen molar-refractivity contribution in [3.8, 4) is 0 Å². The first-order chi connectivity index (χ1) is 9.65. The Labute approximate surface area is 123 Å². The van der Waals surface area contributed by atoms with Crippen LogP contribution in [-0.2, 0) is 0 Å². The summed E-state index contributed by atoms with van der Waals surface area (Å²) >= 11 is 7.73. The second-order valence-corrected chi connectivity index (χ2v) is 5.47. The number of halogens is 1. The van der Waals surface area contributed by atoms with Crippen LogP contribution in [0.25, 0.3) is 10.1 Å². The fourth-order valence-electron chi connectivity index (χ4n) is 1.87. The van der Waals surface area contributed by atoms with Gasteiger partial charge in [-0.2, -0.15) is 0 Å². The third-order valence-corrected chi connectivity index (χ3v) is 4.04. The number of aromatic nitrogens is 1. The molecule has 0 atom stereocenters. The number of aromatic carboxylic acids is 1. The number of anilines is 2. The van der Waals surface area contributed by atoms with Crippen molar-refractivity contribution in [2.75, 3.05) is 5.32 Å². The summed E-state index contributed by atoms with van der Waals surface area (Å²) in [4.78, 5) is 15.2. The van der Waals surface area contributed by atoms with Gasteiger partial charge in [-0.3, -0.25) is 0 Å². The Morgan fingerprint density at radius 2 is 2.15 bits per heavy atom. The second-order valence-electron chi connectivity index (χ2n) is 4.12. The van der Waals surface area contributed by atoms with E-state index in [9.17, 15) is 4.79 Å². The number of nitrogens with one attached hydrogen (secondary N) is 1. The molecule has 1 aromatic carbocycles. The molecular weight excluding hydrogens is 296 g/mol. The molecule has 0 aliphatic carbocycles. The van der Waals surface area contributed by atoms with E-state index in [1.165, 1.54) is 12.1 Å². The summed E-state index contributed by atoms with van der Waals surface area (Å²) in [6, 6.07) is 8.48. The first kappa shape index (κ1) is 12.9. The SMILES string of the molecule is O=C(O)c1ccc(Nc2nccc3sccc23)c(Cl)c1. The molecule has 2 N–H and O–H groups in total. The van der Waals surface area contributed by atoms with Crippen LogP contribution in [0.1, 0.15) is 10.4 Å². The molecule has 2 heterocycles. The van der Waals surface area contributed by atoms with Gasteiger partial charge >= 0.3 is 5.97 Å². The van der Waals surface area contributed by atoms with Gasteiger partial charge in [-0.15, -0.1) is 11.3 Å². The van der Waals surface area contributed by atoms with E-state index in [1.54, 1.807) is 23.6 Å². The molecule has 6 heteroatoms. The van der Waals surface area contributed by atoms with Crippen molar-refractivity contribution in [3.63, 3.8) is 0 Å². The largest absolute Gasteiger partial charge is 0.478 e. The maximum Gasteiger partial charge on any atom is 0.335 e. The number of thiophene rings is 1. The molecule has 20 heavy (non-hydrogen) atoms. The van der Waals surface area contributed by atoms with Gasteiger partial charge in [0.15, 0.2) is 0 Å². The fraction of sp³-hybridized carbons (Fsp3) is 0. The van der Waals surface area contributed by atoms with Gasteiger partial charge < -0.3 is 10.4 Å². The predicted octanol–water partition coefficient (Wildman–Crippen LogP) is 4.39. The molecule has 0 aliphatic heterocycles. The quantitative estimate of drug-likeness (QED) is 0.753. The van der Waals surface area contributed by atoms with E-state index in [0.717, 1.165) is 10.1 Å². The van der Waals surface area contributed by atoms with E-state index < -0.39 is 5.97 Å². The maximum atomic E-state index is 10.9. The molecule has 0 amide bonds. The molecule has 0 fully saturated rings. The Kier molecular flexibility index (Phi) is 3.30. The molecule has 0 spiro atoms. The monoisotopic (exact) mass is 304 g/mol. The number of pyridine rings is 1. The molecule has 3 aromatic rings. The Morgan fingerprint density at radius 1 is 1.30 bits per heavy atom. The summed E-state index contributed by atoms with van der Waals surface area (Å²) in [5.74, 6) is -0.301. The highest BCUT2D eigenvalue weighted by Gasteiger charge is 2.09. The minimum Gasteiger partial charge on any atom is -0.478 e. The molecule has 100 valence electrons. The Morgan fingerprint density at radius 3 is 2.90 bits per heavy atom. The lowest BCUT2D eigenvalue weighted by molar-refractivity contribution is 0.0697. The Balaban J connectivity index is 1.99. The Bertz CT molecular complexity index is 801. The lowest BCUT2D eigenvalue weighted by atomic mass is 10.2. The van der Waals surface area contributed by atoms with Crippen LogP contribution in [0.5, 0.6) is 0 Å². The molecule has 0 bridgehead atoms. The van der Waals surface area contributed by atoms with Crippen LogP contribution in [0.4, 0.5) is 11.5 Å². The van der Waals surface area contributed by atoms with Crippen molar-refractivity contribution in [1.29, 1.82) is 0 Å². The van der Waals surface area contributed by atoms with E-state index >= 15 is 0 Å². The Hall–Kier alpha value is -2.11. The minimum atomic E-state index is -1.00. The van der Waals surface area contributed by atoms with E-state index in [4.69, 9.17) is 16.7 Å². The average molecular weight is 305 g/mol. The molecule has 0 saturated heterocycles. The van der Waals surface area contributed by atoms with Crippen LogP contribution in [-0.4, -0.2) is 16.1 Å². The smallest absolute Gasteiger partial charge is 0.335 e. The number of benzene rings is 1. The number of hydrogen-bond acceptors (Lipinski definition) is 4. The summed E-state index contributed by atoms with van der Waals surface area (Å²) in [6.07, 6.45) is 1.72. The summed E-state index contributed by atoms with van der Waals surface area (Å²) < 4.78 is 1.13. The topological polar surface area (TPSA) is 62.2 Å². The zero-order chi connectivity index (χ0) is 14.1. The van der Waals surface area contributed by atoms with Gasteiger partial charge in [0.1, 0.15) is 5.82 Å². The maximum absolute atomic E-state index is 10.9. The summed E-state index contributed by atoms with van der Waals surface area (Å²) in [5.41, 5.74) is 0.783. The van der Waals surface area contributed by atoms with Crippen LogP contribution in [0.2, 0.25) is 5.02 Å². The van der Waals surface area contributed by atoms with Crippen LogP contribution in [0, 0.1) is 0 Å². The van der Waals surface area contributed by atoms with Gasteiger partial charge in [-0.05, 0) is 35.7 Å². The van der Waals surface area contributed by atoms with Gasteiger partial charge in [-0.25, -0.2) is 9.78 Å². The zero-order valence-corrected chi connectivity index (χ0v) is 11.7. The highest BCUT2D eigenvalue weighted by Crippen LogP contribution is 2.31. The van der Waals surface area contributed by atoms with E-state index in [2.05, 4.69) is 10.3 Å².